The van der Waals surface area contributed by atoms with Gasteiger partial charge < -0.3 is 4.98 Å². The number of rotatable bonds is 3. The molecule has 0 aliphatic rings. The van der Waals surface area contributed by atoms with Crippen LogP contribution in [0.25, 0.3) is 45.0 Å². The Morgan fingerprint density at radius 2 is 1.36 bits per heavy atom. The standard InChI is InChI=1S/C30H21N3/c1-2-10-24-20-32-25(18-22(24)9-1)19-30-27-13-4-3-12-26(27)29(33-30)17-21-8-7-11-23(16-21)28-14-5-6-15-31-28/h1-20,33H. The minimum atomic E-state index is 0.935. The van der Waals surface area contributed by atoms with Gasteiger partial charge in [-0.1, -0.05) is 72.8 Å². The largest absolute Gasteiger partial charge is 0.354 e. The van der Waals surface area contributed by atoms with Crippen molar-refractivity contribution < 1.29 is 0 Å². The van der Waals surface area contributed by atoms with Crippen molar-refractivity contribution in [3.8, 4) is 11.3 Å². The van der Waals surface area contributed by atoms with Crippen molar-refractivity contribution in [1.82, 2.24) is 15.0 Å². The Morgan fingerprint density at radius 3 is 2.18 bits per heavy atom. The summed E-state index contributed by atoms with van der Waals surface area (Å²) in [7, 11) is 0. The number of nitrogens with one attached hydrogen (secondary N) is 1. The summed E-state index contributed by atoms with van der Waals surface area (Å²) in [6, 6.07) is 33.3. The summed E-state index contributed by atoms with van der Waals surface area (Å²) in [5.74, 6) is 0. The average Bonchev–Trinajstić information content (AvgIpc) is 3.21. The highest BCUT2D eigenvalue weighted by molar-refractivity contribution is 5.87. The van der Waals surface area contributed by atoms with Crippen LogP contribution in [0.2, 0.25) is 0 Å². The van der Waals surface area contributed by atoms with Gasteiger partial charge in [0, 0.05) is 44.8 Å². The highest BCUT2D eigenvalue weighted by atomic mass is 14.7. The third-order valence-corrected chi connectivity index (χ3v) is 5.88. The van der Waals surface area contributed by atoms with E-state index >= 15 is 0 Å². The first-order valence-corrected chi connectivity index (χ1v) is 11.0. The van der Waals surface area contributed by atoms with E-state index in [2.05, 4.69) is 99.9 Å². The number of hydrogen-bond acceptors (Lipinski definition) is 2. The second-order valence-corrected chi connectivity index (χ2v) is 8.08. The van der Waals surface area contributed by atoms with E-state index in [0.717, 1.165) is 38.6 Å². The van der Waals surface area contributed by atoms with E-state index in [9.17, 15) is 0 Å². The molecule has 6 rings (SSSR count). The second kappa shape index (κ2) is 8.21. The van der Waals surface area contributed by atoms with E-state index in [1.807, 2.05) is 36.7 Å². The zero-order chi connectivity index (χ0) is 22.0. The SMILES string of the molecule is C(c1cccc(-c2ccccn2)c1)=c1[nH]c(=Cc2cc3ccccc3cn2)c2ccccc12. The number of aromatic nitrogens is 3. The van der Waals surface area contributed by atoms with Crippen molar-refractivity contribution in [3.05, 3.63) is 131 Å². The molecule has 3 aromatic carbocycles. The Hall–Kier alpha value is -4.50. The third-order valence-electron chi connectivity index (χ3n) is 5.88. The number of benzene rings is 3. The molecule has 0 spiro atoms. The van der Waals surface area contributed by atoms with Gasteiger partial charge in [0.2, 0.25) is 0 Å². The van der Waals surface area contributed by atoms with Crippen LogP contribution in [0, 0.1) is 0 Å². The summed E-state index contributed by atoms with van der Waals surface area (Å²) in [5.41, 5.74) is 4.14. The number of nitrogens with zero attached hydrogens (tertiary/aromatic N) is 2. The van der Waals surface area contributed by atoms with Gasteiger partial charge in [-0.15, -0.1) is 0 Å². The summed E-state index contributed by atoms with van der Waals surface area (Å²) < 4.78 is 0. The van der Waals surface area contributed by atoms with Gasteiger partial charge in [0.15, 0.2) is 0 Å². The van der Waals surface area contributed by atoms with E-state index in [1.54, 1.807) is 0 Å². The molecule has 0 unspecified atom stereocenters. The fourth-order valence-corrected chi connectivity index (χ4v) is 4.28. The van der Waals surface area contributed by atoms with Gasteiger partial charge >= 0.3 is 0 Å². The minimum Gasteiger partial charge on any atom is -0.354 e. The monoisotopic (exact) mass is 423 g/mol. The molecule has 3 aromatic heterocycles. The first-order valence-electron chi connectivity index (χ1n) is 11.0. The highest BCUT2D eigenvalue weighted by Crippen LogP contribution is 2.18. The Morgan fingerprint density at radius 1 is 0.606 bits per heavy atom. The van der Waals surface area contributed by atoms with E-state index < -0.39 is 0 Å². The molecule has 0 fully saturated rings. The van der Waals surface area contributed by atoms with E-state index in [0.29, 0.717) is 0 Å². The number of aromatic amines is 1. The topological polar surface area (TPSA) is 41.6 Å². The molecule has 0 amide bonds. The molecule has 3 heterocycles. The number of fused-ring (bicyclic) bond motifs is 2. The summed E-state index contributed by atoms with van der Waals surface area (Å²) >= 11 is 0. The maximum atomic E-state index is 4.65. The number of pyridine rings is 2. The van der Waals surface area contributed by atoms with Crippen LogP contribution >= 0.6 is 0 Å². The van der Waals surface area contributed by atoms with Gasteiger partial charge in [-0.3, -0.25) is 9.97 Å². The van der Waals surface area contributed by atoms with Crippen molar-refractivity contribution >= 4 is 33.7 Å². The van der Waals surface area contributed by atoms with Crippen molar-refractivity contribution in [2.45, 2.75) is 0 Å². The van der Waals surface area contributed by atoms with Crippen LogP contribution < -0.4 is 10.7 Å². The summed E-state index contributed by atoms with van der Waals surface area (Å²) in [4.78, 5) is 12.8. The van der Waals surface area contributed by atoms with Crippen LogP contribution in [0.4, 0.5) is 0 Å². The molecule has 156 valence electrons. The minimum absolute atomic E-state index is 0.935. The third kappa shape index (κ3) is 3.81. The van der Waals surface area contributed by atoms with Crippen molar-refractivity contribution in [3.63, 3.8) is 0 Å². The molecular weight excluding hydrogens is 402 g/mol. The van der Waals surface area contributed by atoms with Crippen LogP contribution in [-0.2, 0) is 0 Å². The summed E-state index contributed by atoms with van der Waals surface area (Å²) in [6.45, 7) is 0. The second-order valence-electron chi connectivity index (χ2n) is 8.08. The predicted molar refractivity (Wildman–Crippen MR) is 136 cm³/mol. The summed E-state index contributed by atoms with van der Waals surface area (Å²) in [5, 5.41) is 6.84. The Kier molecular flexibility index (Phi) is 4.78. The Bertz CT molecular complexity index is 1710. The first kappa shape index (κ1) is 19.2. The molecule has 0 saturated carbocycles. The van der Waals surface area contributed by atoms with Gasteiger partial charge in [0.05, 0.1) is 11.4 Å². The molecule has 0 saturated heterocycles. The molecule has 0 bridgehead atoms. The first-order chi connectivity index (χ1) is 16.3. The van der Waals surface area contributed by atoms with Crippen molar-refractivity contribution in [1.29, 1.82) is 0 Å². The van der Waals surface area contributed by atoms with Crippen molar-refractivity contribution in [2.24, 2.45) is 0 Å². The summed E-state index contributed by atoms with van der Waals surface area (Å²) in [6.07, 6.45) is 8.08. The van der Waals surface area contributed by atoms with Gasteiger partial charge in [0.25, 0.3) is 0 Å². The highest BCUT2D eigenvalue weighted by Gasteiger charge is 2.03. The van der Waals surface area contributed by atoms with Crippen LogP contribution in [-0.4, -0.2) is 15.0 Å². The number of H-pyrrole nitrogens is 1. The van der Waals surface area contributed by atoms with Gasteiger partial charge in [-0.05, 0) is 47.4 Å². The quantitative estimate of drug-likeness (QED) is 0.412. The molecule has 33 heavy (non-hydrogen) atoms. The van der Waals surface area contributed by atoms with Crippen molar-refractivity contribution in [2.75, 3.05) is 0 Å². The molecule has 0 atom stereocenters. The molecule has 0 radical (unpaired) electrons. The van der Waals surface area contributed by atoms with Crippen LogP contribution in [0.3, 0.4) is 0 Å². The molecule has 3 heteroatoms. The van der Waals surface area contributed by atoms with Crippen LogP contribution in [0.15, 0.2) is 109 Å². The lowest BCUT2D eigenvalue weighted by Crippen LogP contribution is -2.10. The molecule has 1 N–H and O–H groups in total. The maximum absolute atomic E-state index is 4.65. The van der Waals surface area contributed by atoms with Gasteiger partial charge in [-0.2, -0.15) is 0 Å². The smallest absolute Gasteiger partial charge is 0.0702 e. The zero-order valence-electron chi connectivity index (χ0n) is 17.9. The lowest BCUT2D eigenvalue weighted by atomic mass is 10.1. The van der Waals surface area contributed by atoms with E-state index in [-0.39, 0.29) is 0 Å². The molecule has 6 aromatic rings. The zero-order valence-corrected chi connectivity index (χ0v) is 17.9. The normalized spacial score (nSPS) is 12.6. The number of hydrogen-bond donors (Lipinski definition) is 1. The molecular formula is C30H21N3. The maximum Gasteiger partial charge on any atom is 0.0702 e. The Labute approximate surface area is 191 Å². The molecule has 0 aliphatic heterocycles. The van der Waals surface area contributed by atoms with E-state index in [4.69, 9.17) is 0 Å². The fourth-order valence-electron chi connectivity index (χ4n) is 4.28. The molecule has 3 nitrogen and oxygen atoms in total. The molecule has 0 aliphatic carbocycles. The van der Waals surface area contributed by atoms with Gasteiger partial charge in [-0.25, -0.2) is 0 Å². The van der Waals surface area contributed by atoms with Gasteiger partial charge in [0.1, 0.15) is 0 Å². The lowest BCUT2D eigenvalue weighted by molar-refractivity contribution is 1.26. The average molecular weight is 424 g/mol. The predicted octanol–water partition coefficient (Wildman–Crippen LogP) is 5.44. The lowest BCUT2D eigenvalue weighted by Gasteiger charge is -2.01. The Balaban J connectivity index is 1.50. The van der Waals surface area contributed by atoms with Crippen LogP contribution in [0.1, 0.15) is 11.3 Å². The van der Waals surface area contributed by atoms with E-state index in [1.165, 1.54) is 16.2 Å². The fraction of sp³-hybridized carbons (Fsp3) is 0. The van der Waals surface area contributed by atoms with Crippen LogP contribution in [0.5, 0.6) is 0 Å².